The number of benzene rings is 2. The molecule has 2 aromatic heterocycles. The van der Waals surface area contributed by atoms with Crippen LogP contribution in [0.25, 0.3) is 11.0 Å². The van der Waals surface area contributed by atoms with Gasteiger partial charge in [0.05, 0.1) is 5.75 Å². The monoisotopic (exact) mass is 415 g/mol. The van der Waals surface area contributed by atoms with Crippen molar-refractivity contribution in [1.82, 2.24) is 19.9 Å². The average Bonchev–Trinajstić information content (AvgIpc) is 3.34. The number of thioether (sulfide) groups is 1. The first-order valence-corrected chi connectivity index (χ1v) is 10.6. The lowest BCUT2D eigenvalue weighted by Gasteiger charge is -2.05. The molecule has 9 nitrogen and oxygen atoms in total. The van der Waals surface area contributed by atoms with E-state index >= 15 is 0 Å². The lowest BCUT2D eigenvalue weighted by molar-refractivity contribution is -0.526. The highest BCUT2D eigenvalue weighted by molar-refractivity contribution is 8.00. The molecule has 0 saturated carbocycles. The van der Waals surface area contributed by atoms with Crippen molar-refractivity contribution in [3.05, 3.63) is 67.3 Å². The molecule has 0 bridgehead atoms. The molecule has 0 spiro atoms. The molecule has 0 saturated heterocycles. The molecule has 0 fully saturated rings. The minimum atomic E-state index is -3.84. The first kappa shape index (κ1) is 18.2. The minimum absolute atomic E-state index is 0.00465. The van der Waals surface area contributed by atoms with Gasteiger partial charge in [0.25, 0.3) is 0 Å². The van der Waals surface area contributed by atoms with E-state index in [4.69, 9.17) is 0 Å². The highest BCUT2D eigenvalue weighted by Gasteiger charge is 2.31. The van der Waals surface area contributed by atoms with Gasteiger partial charge in [0.2, 0.25) is 5.91 Å². The first-order valence-electron chi connectivity index (χ1n) is 8.16. The lowest BCUT2D eigenvalue weighted by atomic mass is 10.3. The van der Waals surface area contributed by atoms with Crippen molar-refractivity contribution in [2.45, 2.75) is 10.1 Å². The second-order valence-corrected chi connectivity index (χ2v) is 8.47. The standard InChI is InChI=1S/C17H14N6O3S2/c24-16(21-22-11-18-19-12-22)10-27-17-20-14-8-4-5-9-15(14)23(17)28(25,26)13-6-2-1-3-7-13/h1-9,11-12H,10H2,(H,21,24)/p+1. The molecule has 0 aliphatic heterocycles. The Balaban J connectivity index is 1.69. The van der Waals surface area contributed by atoms with Crippen LogP contribution in [0.4, 0.5) is 0 Å². The van der Waals surface area contributed by atoms with Crippen LogP contribution in [0.5, 0.6) is 0 Å². The predicted molar refractivity (Wildman–Crippen MR) is 103 cm³/mol. The Morgan fingerprint density at radius 2 is 1.75 bits per heavy atom. The third-order valence-electron chi connectivity index (χ3n) is 3.84. The van der Waals surface area contributed by atoms with Gasteiger partial charge in [-0.1, -0.05) is 30.3 Å². The number of hydrogen-bond donors (Lipinski definition) is 2. The van der Waals surface area contributed by atoms with Gasteiger partial charge in [-0.3, -0.25) is 10.2 Å². The molecule has 4 rings (SSSR count). The number of H-pyrrole nitrogens is 1. The van der Waals surface area contributed by atoms with E-state index in [2.05, 4.69) is 20.6 Å². The van der Waals surface area contributed by atoms with E-state index < -0.39 is 10.0 Å². The van der Waals surface area contributed by atoms with E-state index in [-0.39, 0.29) is 16.6 Å². The van der Waals surface area contributed by atoms with E-state index in [1.54, 1.807) is 36.4 Å². The second-order valence-electron chi connectivity index (χ2n) is 5.72. The summed E-state index contributed by atoms with van der Waals surface area (Å²) < 4.78 is 29.0. The molecular formula is C17H15N6O3S2+. The summed E-state index contributed by atoms with van der Waals surface area (Å²) in [5, 5.41) is 7.55. The number of rotatable bonds is 6. The van der Waals surface area contributed by atoms with Crippen molar-refractivity contribution in [1.29, 1.82) is 0 Å². The number of imidazole rings is 1. The lowest BCUT2D eigenvalue weighted by Crippen LogP contribution is -2.44. The van der Waals surface area contributed by atoms with Crippen molar-refractivity contribution in [2.24, 2.45) is 0 Å². The molecule has 2 heterocycles. The molecule has 0 aliphatic rings. The maximum Gasteiger partial charge on any atom is 0.336 e. The van der Waals surface area contributed by atoms with Crippen molar-refractivity contribution in [3.8, 4) is 0 Å². The molecule has 28 heavy (non-hydrogen) atoms. The van der Waals surface area contributed by atoms with E-state index in [0.29, 0.717) is 16.2 Å². The third-order valence-corrected chi connectivity index (χ3v) is 6.65. The highest BCUT2D eigenvalue weighted by atomic mass is 32.2. The van der Waals surface area contributed by atoms with E-state index in [1.807, 2.05) is 6.07 Å². The van der Waals surface area contributed by atoms with Gasteiger partial charge in [0.15, 0.2) is 11.0 Å². The highest BCUT2D eigenvalue weighted by Crippen LogP contribution is 2.21. The van der Waals surface area contributed by atoms with Crippen LogP contribution in [0.15, 0.2) is 77.3 Å². The molecule has 0 unspecified atom stereocenters. The van der Waals surface area contributed by atoms with Crippen molar-refractivity contribution < 1.29 is 17.2 Å². The van der Waals surface area contributed by atoms with Crippen LogP contribution in [0, 0.1) is 0 Å². The summed E-state index contributed by atoms with van der Waals surface area (Å²) in [7, 11) is -3.84. The molecule has 0 aliphatic carbocycles. The van der Waals surface area contributed by atoms with Gasteiger partial charge in [0, 0.05) is 0 Å². The Bertz CT molecular complexity index is 1220. The number of fused-ring (bicyclic) bond motifs is 1. The number of aromatic amines is 1. The Kier molecular flexibility index (Phi) is 4.84. The number of para-hydroxylation sites is 2. The molecule has 2 aromatic carbocycles. The number of carbonyl (C=O) groups excluding carboxylic acids is 1. The summed E-state index contributed by atoms with van der Waals surface area (Å²) in [6.45, 7) is 0. The number of hydrogen-bond acceptors (Lipinski definition) is 6. The second kappa shape index (κ2) is 7.44. The van der Waals surface area contributed by atoms with Crippen molar-refractivity contribution >= 4 is 38.7 Å². The van der Waals surface area contributed by atoms with Crippen LogP contribution in [-0.2, 0) is 14.8 Å². The topological polar surface area (TPSA) is 114 Å². The van der Waals surface area contributed by atoms with Crippen molar-refractivity contribution in [2.75, 3.05) is 11.2 Å². The zero-order valence-corrected chi connectivity index (χ0v) is 16.0. The summed E-state index contributed by atoms with van der Waals surface area (Å²) >= 11 is 1.09. The number of carbonyl (C=O) groups is 1. The van der Waals surface area contributed by atoms with Gasteiger partial charge in [-0.25, -0.2) is 9.66 Å². The van der Waals surface area contributed by atoms with Gasteiger partial charge in [0.1, 0.15) is 17.6 Å². The fraction of sp³-hybridized carbons (Fsp3) is 0.0588. The van der Waals surface area contributed by atoms with Gasteiger partial charge in [-0.15, -0.1) is 14.2 Å². The Labute approximate surface area is 164 Å². The molecule has 11 heteroatoms. The largest absolute Gasteiger partial charge is 0.336 e. The number of amides is 1. The van der Waals surface area contributed by atoms with Gasteiger partial charge < -0.3 is 0 Å². The molecule has 2 N–H and O–H groups in total. The maximum absolute atomic E-state index is 13.2. The van der Waals surface area contributed by atoms with Gasteiger partial charge >= 0.3 is 15.2 Å². The number of aromatic nitrogens is 5. The first-order chi connectivity index (χ1) is 13.6. The van der Waals surface area contributed by atoms with Crippen LogP contribution < -0.4 is 9.40 Å². The fourth-order valence-corrected chi connectivity index (χ4v) is 5.21. The summed E-state index contributed by atoms with van der Waals surface area (Å²) in [5.74, 6) is -0.331. The Morgan fingerprint density at radius 3 is 2.50 bits per heavy atom. The zero-order chi connectivity index (χ0) is 19.6. The van der Waals surface area contributed by atoms with Crippen molar-refractivity contribution in [3.63, 3.8) is 0 Å². The van der Waals surface area contributed by atoms with Crippen LogP contribution in [-0.4, -0.2) is 39.9 Å². The van der Waals surface area contributed by atoms with E-state index in [1.165, 1.54) is 33.4 Å². The summed E-state index contributed by atoms with van der Waals surface area (Å²) in [6, 6.07) is 15.2. The summed E-state index contributed by atoms with van der Waals surface area (Å²) in [4.78, 5) is 15.4. The molecule has 4 aromatic rings. The molecular weight excluding hydrogens is 400 g/mol. The molecule has 142 valence electrons. The quantitative estimate of drug-likeness (QED) is 0.361. The smallest absolute Gasteiger partial charge is 0.272 e. The Morgan fingerprint density at radius 1 is 1.07 bits per heavy atom. The van der Waals surface area contributed by atoms with E-state index in [9.17, 15) is 13.2 Å². The van der Waals surface area contributed by atoms with Crippen LogP contribution in [0.1, 0.15) is 0 Å². The average molecular weight is 415 g/mol. The maximum atomic E-state index is 13.2. The molecule has 1 amide bonds. The van der Waals surface area contributed by atoms with Gasteiger partial charge in [-0.2, -0.15) is 8.42 Å². The summed E-state index contributed by atoms with van der Waals surface area (Å²) in [6.07, 6.45) is 2.71. The predicted octanol–water partition coefficient (Wildman–Crippen LogP) is 1.15. The van der Waals surface area contributed by atoms with Gasteiger partial charge in [-0.05, 0) is 36.0 Å². The number of nitrogens with zero attached hydrogens (tertiary/aromatic N) is 4. The Hall–Kier alpha value is -3.18. The zero-order valence-electron chi connectivity index (χ0n) is 14.4. The number of nitrogens with one attached hydrogen (secondary N) is 2. The normalized spacial score (nSPS) is 11.6. The van der Waals surface area contributed by atoms with Crippen LogP contribution in [0.3, 0.4) is 0 Å². The minimum Gasteiger partial charge on any atom is -0.272 e. The molecule has 0 atom stereocenters. The van der Waals surface area contributed by atoms with Crippen LogP contribution >= 0.6 is 11.8 Å². The van der Waals surface area contributed by atoms with E-state index in [0.717, 1.165) is 11.8 Å². The van der Waals surface area contributed by atoms with Crippen LogP contribution in [0.2, 0.25) is 0 Å². The molecule has 0 radical (unpaired) electrons. The SMILES string of the molecule is O=C(CSc1[nH]c2ccccc2[n+]1S(=O)(=O)c1ccccc1)Nn1cnnc1. The fourth-order valence-electron chi connectivity index (χ4n) is 2.63. The third kappa shape index (κ3) is 3.49. The summed E-state index contributed by atoms with van der Waals surface area (Å²) in [5.41, 5.74) is 3.74.